The fourth-order valence-electron chi connectivity index (χ4n) is 1.25. The van der Waals surface area contributed by atoms with Crippen LogP contribution < -0.4 is 5.73 Å². The van der Waals surface area contributed by atoms with Crippen molar-refractivity contribution in [3.63, 3.8) is 0 Å². The minimum atomic E-state index is -2.68. The molecule has 3 N–H and O–H groups in total. The van der Waals surface area contributed by atoms with Gasteiger partial charge in [0.1, 0.15) is 5.69 Å². The largest absolute Gasteiger partial charge is 0.392 e. The van der Waals surface area contributed by atoms with Crippen molar-refractivity contribution in [2.24, 2.45) is 5.73 Å². The van der Waals surface area contributed by atoms with Crippen LogP contribution in [0.25, 0.3) is 0 Å². The molecule has 0 radical (unpaired) electrons. The van der Waals surface area contributed by atoms with Gasteiger partial charge in [0.2, 0.25) is 0 Å². The zero-order chi connectivity index (χ0) is 10.7. The molecule has 0 aromatic carbocycles. The fraction of sp³-hybridized carbons (Fsp3) is 0.444. The van der Waals surface area contributed by atoms with Gasteiger partial charge in [0.25, 0.3) is 6.43 Å². The van der Waals surface area contributed by atoms with E-state index in [1.54, 1.807) is 6.92 Å². The summed E-state index contributed by atoms with van der Waals surface area (Å²) in [5.41, 5.74) is 6.29. The van der Waals surface area contributed by atoms with Crippen LogP contribution >= 0.6 is 0 Å². The zero-order valence-corrected chi connectivity index (χ0v) is 7.80. The lowest BCUT2D eigenvalue weighted by atomic mass is 10.1. The molecular weight excluding hydrogens is 190 g/mol. The van der Waals surface area contributed by atoms with Gasteiger partial charge in [0, 0.05) is 12.1 Å². The van der Waals surface area contributed by atoms with Crippen LogP contribution in [0.5, 0.6) is 0 Å². The first-order chi connectivity index (χ1) is 6.60. The third kappa shape index (κ3) is 2.05. The van der Waals surface area contributed by atoms with Crippen molar-refractivity contribution in [2.45, 2.75) is 26.5 Å². The number of hydrogen-bond donors (Lipinski definition) is 2. The minimum absolute atomic E-state index is 0.122. The van der Waals surface area contributed by atoms with Crippen molar-refractivity contribution in [3.8, 4) is 0 Å². The summed E-state index contributed by atoms with van der Waals surface area (Å²) in [6.45, 7) is 1.42. The molecule has 1 aromatic rings. The molecule has 0 saturated heterocycles. The maximum Gasteiger partial charge on any atom is 0.280 e. The Morgan fingerprint density at radius 3 is 2.64 bits per heavy atom. The number of halogens is 2. The molecule has 0 aliphatic heterocycles. The maximum absolute atomic E-state index is 12.4. The van der Waals surface area contributed by atoms with Crippen molar-refractivity contribution in [1.29, 1.82) is 0 Å². The quantitative estimate of drug-likeness (QED) is 0.776. The van der Waals surface area contributed by atoms with Gasteiger partial charge in [-0.1, -0.05) is 0 Å². The minimum Gasteiger partial charge on any atom is -0.392 e. The molecule has 14 heavy (non-hydrogen) atoms. The summed E-state index contributed by atoms with van der Waals surface area (Å²) in [5.74, 6) is 0. The SMILES string of the molecule is Cc1cc(CO)c(C(F)F)nc1CN. The highest BCUT2D eigenvalue weighted by atomic mass is 19.3. The van der Waals surface area contributed by atoms with Gasteiger partial charge >= 0.3 is 0 Å². The van der Waals surface area contributed by atoms with Crippen LogP contribution in [0, 0.1) is 6.92 Å². The van der Waals surface area contributed by atoms with Crippen molar-refractivity contribution in [1.82, 2.24) is 4.98 Å². The van der Waals surface area contributed by atoms with E-state index in [0.29, 0.717) is 5.69 Å². The van der Waals surface area contributed by atoms with E-state index >= 15 is 0 Å². The molecule has 0 saturated carbocycles. The summed E-state index contributed by atoms with van der Waals surface area (Å²) >= 11 is 0. The second-order valence-electron chi connectivity index (χ2n) is 2.96. The summed E-state index contributed by atoms with van der Waals surface area (Å²) in [5, 5.41) is 8.85. The van der Waals surface area contributed by atoms with E-state index < -0.39 is 13.0 Å². The van der Waals surface area contributed by atoms with Gasteiger partial charge in [-0.15, -0.1) is 0 Å². The van der Waals surface area contributed by atoms with Gasteiger partial charge < -0.3 is 10.8 Å². The smallest absolute Gasteiger partial charge is 0.280 e. The van der Waals surface area contributed by atoms with Crippen molar-refractivity contribution in [3.05, 3.63) is 28.6 Å². The summed E-state index contributed by atoms with van der Waals surface area (Å²) in [6, 6.07) is 1.50. The number of aryl methyl sites for hydroxylation is 1. The van der Waals surface area contributed by atoms with Crippen LogP contribution in [-0.4, -0.2) is 10.1 Å². The molecule has 78 valence electrons. The highest BCUT2D eigenvalue weighted by Crippen LogP contribution is 2.23. The Morgan fingerprint density at radius 1 is 1.57 bits per heavy atom. The topological polar surface area (TPSA) is 59.1 Å². The number of pyridine rings is 1. The molecular formula is C9H12F2N2O. The summed E-state index contributed by atoms with van der Waals surface area (Å²) in [4.78, 5) is 3.73. The lowest BCUT2D eigenvalue weighted by Gasteiger charge is -2.10. The van der Waals surface area contributed by atoms with Crippen LogP contribution in [-0.2, 0) is 13.2 Å². The molecule has 0 atom stereocenters. The molecule has 1 aromatic heterocycles. The van der Waals surface area contributed by atoms with Gasteiger partial charge in [0.05, 0.1) is 12.3 Å². The maximum atomic E-state index is 12.4. The predicted molar refractivity (Wildman–Crippen MR) is 47.7 cm³/mol. The molecule has 0 aliphatic carbocycles. The highest BCUT2D eigenvalue weighted by molar-refractivity contribution is 5.30. The van der Waals surface area contributed by atoms with Gasteiger partial charge in [-0.3, -0.25) is 0 Å². The Balaban J connectivity index is 3.25. The first-order valence-corrected chi connectivity index (χ1v) is 4.18. The third-order valence-corrected chi connectivity index (χ3v) is 2.00. The Morgan fingerprint density at radius 2 is 2.21 bits per heavy atom. The van der Waals surface area contributed by atoms with E-state index in [-0.39, 0.29) is 17.8 Å². The van der Waals surface area contributed by atoms with Gasteiger partial charge in [-0.2, -0.15) is 0 Å². The summed E-state index contributed by atoms with van der Waals surface area (Å²) in [6.07, 6.45) is -2.68. The molecule has 0 fully saturated rings. The molecule has 0 aliphatic rings. The number of hydrogen-bond acceptors (Lipinski definition) is 3. The monoisotopic (exact) mass is 202 g/mol. The number of aliphatic hydroxyl groups excluding tert-OH is 1. The zero-order valence-electron chi connectivity index (χ0n) is 7.80. The van der Waals surface area contributed by atoms with E-state index in [9.17, 15) is 8.78 Å². The molecule has 3 nitrogen and oxygen atoms in total. The lowest BCUT2D eigenvalue weighted by molar-refractivity contribution is 0.141. The molecule has 0 amide bonds. The second kappa shape index (κ2) is 4.43. The summed E-state index contributed by atoms with van der Waals surface area (Å²) < 4.78 is 24.9. The lowest BCUT2D eigenvalue weighted by Crippen LogP contribution is -2.08. The normalized spacial score (nSPS) is 11.0. The third-order valence-electron chi connectivity index (χ3n) is 2.00. The number of alkyl halides is 2. The Kier molecular flexibility index (Phi) is 3.49. The van der Waals surface area contributed by atoms with E-state index in [4.69, 9.17) is 10.8 Å². The molecule has 0 bridgehead atoms. The second-order valence-corrected chi connectivity index (χ2v) is 2.96. The van der Waals surface area contributed by atoms with Crippen molar-refractivity contribution in [2.75, 3.05) is 0 Å². The first-order valence-electron chi connectivity index (χ1n) is 4.18. The number of rotatable bonds is 3. The number of nitrogens with zero attached hydrogens (tertiary/aromatic N) is 1. The van der Waals surface area contributed by atoms with E-state index in [0.717, 1.165) is 5.56 Å². The van der Waals surface area contributed by atoms with Gasteiger partial charge in [-0.05, 0) is 18.6 Å². The molecule has 0 spiro atoms. The van der Waals surface area contributed by atoms with E-state index in [1.165, 1.54) is 6.07 Å². The van der Waals surface area contributed by atoms with Crippen LogP contribution in [0.15, 0.2) is 6.07 Å². The van der Waals surface area contributed by atoms with Crippen LogP contribution in [0.1, 0.15) is 28.9 Å². The number of nitrogens with two attached hydrogens (primary N) is 1. The van der Waals surface area contributed by atoms with E-state index in [1.807, 2.05) is 0 Å². The Labute approximate surface area is 80.6 Å². The average molecular weight is 202 g/mol. The van der Waals surface area contributed by atoms with Crippen molar-refractivity contribution >= 4 is 0 Å². The summed E-state index contributed by atoms with van der Waals surface area (Å²) in [7, 11) is 0. The van der Waals surface area contributed by atoms with Crippen LogP contribution in [0.3, 0.4) is 0 Å². The Bertz CT molecular complexity index is 329. The molecule has 0 unspecified atom stereocenters. The average Bonchev–Trinajstić information content (AvgIpc) is 2.16. The molecule has 5 heteroatoms. The Hall–Kier alpha value is -1.07. The van der Waals surface area contributed by atoms with Gasteiger partial charge in [-0.25, -0.2) is 13.8 Å². The number of aliphatic hydroxyl groups is 1. The predicted octanol–water partition coefficient (Wildman–Crippen LogP) is 1.28. The molecule has 1 heterocycles. The van der Waals surface area contributed by atoms with Crippen LogP contribution in [0.2, 0.25) is 0 Å². The van der Waals surface area contributed by atoms with Crippen molar-refractivity contribution < 1.29 is 13.9 Å². The first kappa shape index (κ1) is 11.0. The highest BCUT2D eigenvalue weighted by Gasteiger charge is 2.16. The molecule has 1 rings (SSSR count). The van der Waals surface area contributed by atoms with Gasteiger partial charge in [0.15, 0.2) is 0 Å². The standard InChI is InChI=1S/C9H12F2N2O/c1-5-2-6(4-14)8(9(10)11)13-7(5)3-12/h2,9,14H,3-4,12H2,1H3. The number of aromatic nitrogens is 1. The fourth-order valence-corrected chi connectivity index (χ4v) is 1.25. The van der Waals surface area contributed by atoms with Crippen LogP contribution in [0.4, 0.5) is 8.78 Å². The van der Waals surface area contributed by atoms with E-state index in [2.05, 4.69) is 4.98 Å².